The summed E-state index contributed by atoms with van der Waals surface area (Å²) in [6, 6.07) is 11.9. The van der Waals surface area contributed by atoms with Crippen LogP contribution in [0.4, 0.5) is 5.82 Å². The number of benzene rings is 2. The summed E-state index contributed by atoms with van der Waals surface area (Å²) in [4.78, 5) is 19.2. The van der Waals surface area contributed by atoms with Gasteiger partial charge in [0.25, 0.3) is 0 Å². The predicted molar refractivity (Wildman–Crippen MR) is 92.0 cm³/mol. The van der Waals surface area contributed by atoms with Crippen molar-refractivity contribution in [3.8, 4) is 11.1 Å². The van der Waals surface area contributed by atoms with Crippen LogP contribution in [0.15, 0.2) is 53.7 Å². The van der Waals surface area contributed by atoms with Gasteiger partial charge in [0.05, 0.1) is 11.0 Å². The second-order valence-corrected chi connectivity index (χ2v) is 5.50. The van der Waals surface area contributed by atoms with Crippen molar-refractivity contribution in [3.05, 3.63) is 59.2 Å². The van der Waals surface area contributed by atoms with E-state index in [0.717, 1.165) is 10.9 Å². The van der Waals surface area contributed by atoms with E-state index in [1.807, 2.05) is 18.2 Å². The van der Waals surface area contributed by atoms with Gasteiger partial charge in [0.1, 0.15) is 0 Å². The Labute approximate surface area is 160 Å². The summed E-state index contributed by atoms with van der Waals surface area (Å²) in [5.74, 6) is -1.01. The number of hydrogen-bond donors (Lipinski definition) is 2. The number of carboxylic acids is 1. The van der Waals surface area contributed by atoms with Crippen LogP contribution in [0.25, 0.3) is 21.9 Å². The quantitative estimate of drug-likeness (QED) is 0.352. The van der Waals surface area contributed by atoms with E-state index in [-0.39, 0.29) is 30.4 Å². The molecule has 0 aliphatic heterocycles. The van der Waals surface area contributed by atoms with Crippen LogP contribution in [0, 0.1) is 0 Å². The number of nitrogens with zero attached hydrogens (tertiary/aromatic N) is 2. The molecule has 6 nitrogen and oxygen atoms in total. The molecule has 0 saturated carbocycles. The SMILES string of the molecule is NC(N)=Nc1ncc(Cl)c2ccc(-c3cccc(C(=O)[O-])c3)cc12.[Li+]. The van der Waals surface area contributed by atoms with E-state index in [1.165, 1.54) is 18.3 Å². The predicted octanol–water partition coefficient (Wildman–Crippen LogP) is -1.17. The van der Waals surface area contributed by atoms with Crippen LogP contribution < -0.4 is 35.4 Å². The number of rotatable bonds is 3. The second kappa shape index (κ2) is 7.58. The smallest absolute Gasteiger partial charge is 0.545 e. The molecular weight excluding hydrogens is 335 g/mol. The number of halogens is 1. The van der Waals surface area contributed by atoms with E-state index in [9.17, 15) is 9.90 Å². The third-order valence-electron chi connectivity index (χ3n) is 3.48. The Balaban J connectivity index is 0.00000225. The van der Waals surface area contributed by atoms with Crippen molar-refractivity contribution in [3.63, 3.8) is 0 Å². The summed E-state index contributed by atoms with van der Waals surface area (Å²) in [5, 5.41) is 12.9. The minimum Gasteiger partial charge on any atom is -0.545 e. The number of pyridine rings is 1. The molecule has 0 radical (unpaired) electrons. The zero-order valence-corrected chi connectivity index (χ0v) is 14.1. The molecule has 3 rings (SSSR count). The number of aliphatic imine (C=N–C) groups is 1. The van der Waals surface area contributed by atoms with Crippen molar-refractivity contribution in [1.29, 1.82) is 0 Å². The molecule has 0 fully saturated rings. The van der Waals surface area contributed by atoms with Gasteiger partial charge in [-0.1, -0.05) is 41.9 Å². The summed E-state index contributed by atoms with van der Waals surface area (Å²) in [6.45, 7) is 0. The van der Waals surface area contributed by atoms with Crippen LogP contribution in [0.1, 0.15) is 10.4 Å². The maximum atomic E-state index is 11.0. The van der Waals surface area contributed by atoms with Gasteiger partial charge >= 0.3 is 18.9 Å². The van der Waals surface area contributed by atoms with Crippen molar-refractivity contribution in [1.82, 2.24) is 4.98 Å². The fourth-order valence-corrected chi connectivity index (χ4v) is 2.62. The van der Waals surface area contributed by atoms with Gasteiger partial charge in [0, 0.05) is 17.0 Å². The maximum absolute atomic E-state index is 11.0. The molecule has 0 amide bonds. The number of carboxylic acid groups (broad SMARTS) is 1. The summed E-state index contributed by atoms with van der Waals surface area (Å²) in [7, 11) is 0. The molecular formula is C17H12ClLiN4O2. The Morgan fingerprint density at radius 3 is 2.48 bits per heavy atom. The van der Waals surface area contributed by atoms with Crippen LogP contribution in [0.5, 0.6) is 0 Å². The van der Waals surface area contributed by atoms with Gasteiger partial charge in [-0.2, -0.15) is 4.99 Å². The molecule has 0 atom stereocenters. The Hall–Kier alpha value is -2.52. The second-order valence-electron chi connectivity index (χ2n) is 5.10. The van der Waals surface area contributed by atoms with Gasteiger partial charge in [-0.25, -0.2) is 4.98 Å². The Bertz CT molecular complexity index is 988. The van der Waals surface area contributed by atoms with E-state index in [2.05, 4.69) is 9.98 Å². The van der Waals surface area contributed by atoms with Gasteiger partial charge in [-0.3, -0.25) is 0 Å². The average Bonchev–Trinajstić information content (AvgIpc) is 2.57. The van der Waals surface area contributed by atoms with Gasteiger partial charge in [0.15, 0.2) is 11.8 Å². The van der Waals surface area contributed by atoms with Crippen LogP contribution in [0.3, 0.4) is 0 Å². The largest absolute Gasteiger partial charge is 1.00 e. The first-order valence-electron chi connectivity index (χ1n) is 6.95. The van der Waals surface area contributed by atoms with Crippen molar-refractivity contribution in [2.45, 2.75) is 0 Å². The molecule has 3 aromatic rings. The van der Waals surface area contributed by atoms with Gasteiger partial charge in [0.2, 0.25) is 0 Å². The topological polar surface area (TPSA) is 117 Å². The molecule has 1 aromatic heterocycles. The number of hydrogen-bond acceptors (Lipinski definition) is 4. The number of aromatic nitrogens is 1. The van der Waals surface area contributed by atoms with Crippen LogP contribution in [-0.4, -0.2) is 16.9 Å². The van der Waals surface area contributed by atoms with Gasteiger partial charge < -0.3 is 21.4 Å². The first-order chi connectivity index (χ1) is 11.5. The molecule has 8 heteroatoms. The molecule has 0 saturated heterocycles. The van der Waals surface area contributed by atoms with Crippen molar-refractivity contribution in [2.75, 3.05) is 0 Å². The third-order valence-corrected chi connectivity index (χ3v) is 3.79. The molecule has 2 aromatic carbocycles. The van der Waals surface area contributed by atoms with Crippen molar-refractivity contribution in [2.24, 2.45) is 16.5 Å². The number of nitrogens with two attached hydrogens (primary N) is 2. The monoisotopic (exact) mass is 346 g/mol. The number of aromatic carboxylic acids is 1. The van der Waals surface area contributed by atoms with Crippen molar-refractivity contribution < 1.29 is 28.8 Å². The summed E-state index contributed by atoms with van der Waals surface area (Å²) < 4.78 is 0. The first-order valence-corrected chi connectivity index (χ1v) is 7.33. The molecule has 0 aliphatic carbocycles. The molecule has 1 heterocycles. The van der Waals surface area contributed by atoms with Crippen LogP contribution in [-0.2, 0) is 0 Å². The van der Waals surface area contributed by atoms with Crippen LogP contribution >= 0.6 is 11.6 Å². The zero-order chi connectivity index (χ0) is 17.3. The molecule has 120 valence electrons. The van der Waals surface area contributed by atoms with E-state index in [0.29, 0.717) is 21.8 Å². The minimum atomic E-state index is -1.23. The standard InChI is InChI=1S/C17H13ClN4O2.Li/c18-14-8-21-15(22-17(19)20)13-7-10(4-5-12(13)14)9-2-1-3-11(6-9)16(23)24;/h1-8H,(H,23,24)(H4,19,20,21,22);/q;+1/p-1. The van der Waals surface area contributed by atoms with Crippen LogP contribution in [0.2, 0.25) is 5.02 Å². The van der Waals surface area contributed by atoms with E-state index >= 15 is 0 Å². The summed E-state index contributed by atoms with van der Waals surface area (Å²) in [5.41, 5.74) is 12.5. The molecule has 0 aliphatic rings. The molecule has 0 unspecified atom stereocenters. The number of carbonyl (C=O) groups excluding carboxylic acids is 1. The normalized spacial score (nSPS) is 10.1. The fraction of sp³-hybridized carbons (Fsp3) is 0. The molecule has 0 spiro atoms. The van der Waals surface area contributed by atoms with E-state index in [1.54, 1.807) is 12.1 Å². The van der Waals surface area contributed by atoms with Gasteiger partial charge in [-0.15, -0.1) is 0 Å². The van der Waals surface area contributed by atoms with Gasteiger partial charge in [-0.05, 0) is 28.8 Å². The van der Waals surface area contributed by atoms with Crippen molar-refractivity contribution >= 4 is 40.1 Å². The van der Waals surface area contributed by atoms with E-state index in [4.69, 9.17) is 23.1 Å². The number of carbonyl (C=O) groups is 1. The Morgan fingerprint density at radius 1 is 1.08 bits per heavy atom. The van der Waals surface area contributed by atoms with E-state index < -0.39 is 5.97 Å². The fourth-order valence-electron chi connectivity index (χ4n) is 2.41. The number of fused-ring (bicyclic) bond motifs is 1. The third kappa shape index (κ3) is 3.94. The first kappa shape index (κ1) is 18.8. The molecule has 0 bridgehead atoms. The Morgan fingerprint density at radius 2 is 1.80 bits per heavy atom. The number of guanidine groups is 1. The summed E-state index contributed by atoms with van der Waals surface area (Å²) >= 11 is 6.17. The molecule has 4 N–H and O–H groups in total. The minimum absolute atomic E-state index is 0. The molecule has 25 heavy (non-hydrogen) atoms. The maximum Gasteiger partial charge on any atom is 1.00 e. The summed E-state index contributed by atoms with van der Waals surface area (Å²) in [6.07, 6.45) is 1.47. The zero-order valence-electron chi connectivity index (χ0n) is 13.4. The average molecular weight is 347 g/mol. The Kier molecular flexibility index (Phi) is 5.70.